The van der Waals surface area contributed by atoms with E-state index in [9.17, 15) is 4.79 Å². The minimum atomic E-state index is -0.487. The number of aliphatic imine (C=N–C) groups is 1. The Morgan fingerprint density at radius 2 is 2.06 bits per heavy atom. The van der Waals surface area contributed by atoms with Gasteiger partial charge in [0, 0.05) is 12.1 Å². The molecule has 0 radical (unpaired) electrons. The molecule has 0 bridgehead atoms. The first kappa shape index (κ1) is 12.0. The summed E-state index contributed by atoms with van der Waals surface area (Å²) in [6.07, 6.45) is 2.00. The highest BCUT2D eigenvalue weighted by Gasteiger charge is 2.34. The number of hydrogen-bond acceptors (Lipinski definition) is 3. The van der Waals surface area contributed by atoms with Crippen LogP contribution in [0.4, 0.5) is 0 Å². The van der Waals surface area contributed by atoms with Gasteiger partial charge in [-0.05, 0) is 25.8 Å². The standard InChI is InChI=1S/C14H17NO2/c1-14(2)15-12(9-6-10-16)13(17-14)11-7-4-3-5-8-11/h3-5,7-8,10,13H,6,9H2,1-2H3/t13-/m1/s1. The van der Waals surface area contributed by atoms with Crippen LogP contribution in [0, 0.1) is 0 Å². The number of rotatable bonds is 4. The van der Waals surface area contributed by atoms with E-state index in [0.29, 0.717) is 12.8 Å². The lowest BCUT2D eigenvalue weighted by molar-refractivity contribution is -0.107. The van der Waals surface area contributed by atoms with Crippen molar-refractivity contribution in [1.29, 1.82) is 0 Å². The van der Waals surface area contributed by atoms with Gasteiger partial charge in [-0.1, -0.05) is 30.3 Å². The number of carbonyl (C=O) groups excluding carboxylic acids is 1. The molecule has 1 aromatic rings. The first-order valence-electron chi connectivity index (χ1n) is 5.87. The molecule has 3 heteroatoms. The van der Waals surface area contributed by atoms with Crippen molar-refractivity contribution in [2.45, 2.75) is 38.5 Å². The molecular weight excluding hydrogens is 214 g/mol. The van der Waals surface area contributed by atoms with E-state index in [4.69, 9.17) is 4.74 Å². The summed E-state index contributed by atoms with van der Waals surface area (Å²) in [7, 11) is 0. The zero-order chi connectivity index (χ0) is 12.3. The van der Waals surface area contributed by atoms with Crippen molar-refractivity contribution in [2.75, 3.05) is 0 Å². The SMILES string of the molecule is CC1(C)N=C(CCC=O)[C@@H](c2ccccc2)O1. The fourth-order valence-electron chi connectivity index (χ4n) is 2.07. The quantitative estimate of drug-likeness (QED) is 0.747. The van der Waals surface area contributed by atoms with E-state index in [1.54, 1.807) is 0 Å². The molecule has 0 saturated carbocycles. The van der Waals surface area contributed by atoms with Crippen LogP contribution in [0.25, 0.3) is 0 Å². The molecule has 0 spiro atoms. The van der Waals surface area contributed by atoms with E-state index < -0.39 is 5.72 Å². The van der Waals surface area contributed by atoms with Crippen molar-refractivity contribution in [3.05, 3.63) is 35.9 Å². The molecule has 1 aromatic carbocycles. The van der Waals surface area contributed by atoms with Gasteiger partial charge in [-0.25, -0.2) is 0 Å². The van der Waals surface area contributed by atoms with Gasteiger partial charge >= 0.3 is 0 Å². The number of ether oxygens (including phenoxy) is 1. The normalized spacial score (nSPS) is 22.2. The molecule has 1 aliphatic heterocycles. The summed E-state index contributed by atoms with van der Waals surface area (Å²) in [5.41, 5.74) is 1.58. The summed E-state index contributed by atoms with van der Waals surface area (Å²) in [4.78, 5) is 15.0. The number of benzene rings is 1. The molecule has 1 heterocycles. The van der Waals surface area contributed by atoms with E-state index in [0.717, 1.165) is 17.6 Å². The molecule has 0 unspecified atom stereocenters. The maximum atomic E-state index is 10.5. The van der Waals surface area contributed by atoms with Crippen molar-refractivity contribution in [3.63, 3.8) is 0 Å². The molecule has 0 saturated heterocycles. The third-order valence-electron chi connectivity index (χ3n) is 2.74. The van der Waals surface area contributed by atoms with Crippen LogP contribution in [-0.4, -0.2) is 17.7 Å². The highest BCUT2D eigenvalue weighted by Crippen LogP contribution is 2.34. The Labute approximate surface area is 102 Å². The second-order valence-corrected chi connectivity index (χ2v) is 4.66. The van der Waals surface area contributed by atoms with Gasteiger partial charge < -0.3 is 9.53 Å². The molecule has 1 aliphatic rings. The van der Waals surface area contributed by atoms with Gasteiger partial charge in [0.2, 0.25) is 0 Å². The summed E-state index contributed by atoms with van der Waals surface area (Å²) in [5.74, 6) is 0. The molecule has 0 amide bonds. The second-order valence-electron chi connectivity index (χ2n) is 4.66. The molecule has 3 nitrogen and oxygen atoms in total. The topological polar surface area (TPSA) is 38.7 Å². The molecule has 90 valence electrons. The van der Waals surface area contributed by atoms with Crippen molar-refractivity contribution >= 4 is 12.0 Å². The minimum absolute atomic E-state index is 0.105. The summed E-state index contributed by atoms with van der Waals surface area (Å²) in [6, 6.07) is 10.0. The predicted octanol–water partition coefficient (Wildman–Crippen LogP) is 2.91. The average Bonchev–Trinajstić information content (AvgIpc) is 2.63. The zero-order valence-electron chi connectivity index (χ0n) is 10.2. The zero-order valence-corrected chi connectivity index (χ0v) is 10.2. The van der Waals surface area contributed by atoms with E-state index in [2.05, 4.69) is 4.99 Å². The van der Waals surface area contributed by atoms with Gasteiger partial charge in [-0.15, -0.1) is 0 Å². The highest BCUT2D eigenvalue weighted by atomic mass is 16.5. The van der Waals surface area contributed by atoms with Crippen LogP contribution >= 0.6 is 0 Å². The fourth-order valence-corrected chi connectivity index (χ4v) is 2.07. The molecule has 0 aromatic heterocycles. The van der Waals surface area contributed by atoms with E-state index in [1.165, 1.54) is 0 Å². The van der Waals surface area contributed by atoms with Gasteiger partial charge in [0.05, 0.1) is 0 Å². The predicted molar refractivity (Wildman–Crippen MR) is 67.1 cm³/mol. The maximum absolute atomic E-state index is 10.5. The van der Waals surface area contributed by atoms with Crippen LogP contribution in [-0.2, 0) is 9.53 Å². The van der Waals surface area contributed by atoms with Gasteiger partial charge in [0.15, 0.2) is 5.72 Å². The first-order chi connectivity index (χ1) is 8.12. The van der Waals surface area contributed by atoms with Crippen LogP contribution in [0.1, 0.15) is 38.4 Å². The number of carbonyl (C=O) groups is 1. The Morgan fingerprint density at radius 3 is 2.71 bits per heavy atom. The summed E-state index contributed by atoms with van der Waals surface area (Å²) in [6.45, 7) is 3.88. The minimum Gasteiger partial charge on any atom is -0.341 e. The molecule has 2 rings (SSSR count). The fraction of sp³-hybridized carbons (Fsp3) is 0.429. The Kier molecular flexibility index (Phi) is 3.38. The smallest absolute Gasteiger partial charge is 0.154 e. The van der Waals surface area contributed by atoms with Gasteiger partial charge in [-0.2, -0.15) is 0 Å². The number of nitrogens with zero attached hydrogens (tertiary/aromatic N) is 1. The summed E-state index contributed by atoms with van der Waals surface area (Å²) < 4.78 is 5.92. The van der Waals surface area contributed by atoms with Crippen LogP contribution in [0.3, 0.4) is 0 Å². The van der Waals surface area contributed by atoms with Gasteiger partial charge in [0.25, 0.3) is 0 Å². The van der Waals surface area contributed by atoms with E-state index in [1.807, 2.05) is 44.2 Å². The summed E-state index contributed by atoms with van der Waals surface area (Å²) >= 11 is 0. The lowest BCUT2D eigenvalue weighted by atomic mass is 10.0. The van der Waals surface area contributed by atoms with Gasteiger partial charge in [0.1, 0.15) is 12.4 Å². The van der Waals surface area contributed by atoms with Crippen LogP contribution in [0.15, 0.2) is 35.3 Å². The third-order valence-corrected chi connectivity index (χ3v) is 2.74. The van der Waals surface area contributed by atoms with Crippen LogP contribution in [0.2, 0.25) is 0 Å². The van der Waals surface area contributed by atoms with Crippen molar-refractivity contribution in [1.82, 2.24) is 0 Å². The van der Waals surface area contributed by atoms with Crippen molar-refractivity contribution < 1.29 is 9.53 Å². The summed E-state index contributed by atoms with van der Waals surface area (Å²) in [5, 5.41) is 0. The van der Waals surface area contributed by atoms with Crippen molar-refractivity contribution in [3.8, 4) is 0 Å². The molecule has 0 aliphatic carbocycles. The molecule has 1 atom stereocenters. The van der Waals surface area contributed by atoms with Crippen LogP contribution in [0.5, 0.6) is 0 Å². The lowest BCUT2D eigenvalue weighted by Gasteiger charge is -2.18. The lowest BCUT2D eigenvalue weighted by Crippen LogP contribution is -2.18. The molecule has 0 N–H and O–H groups in total. The largest absolute Gasteiger partial charge is 0.341 e. The Hall–Kier alpha value is -1.48. The molecule has 0 fully saturated rings. The monoisotopic (exact) mass is 231 g/mol. The Balaban J connectivity index is 2.22. The van der Waals surface area contributed by atoms with E-state index in [-0.39, 0.29) is 6.10 Å². The van der Waals surface area contributed by atoms with E-state index >= 15 is 0 Å². The number of aldehydes is 1. The highest BCUT2D eigenvalue weighted by molar-refractivity contribution is 5.92. The molecular formula is C14H17NO2. The second kappa shape index (κ2) is 4.80. The first-order valence-corrected chi connectivity index (χ1v) is 5.87. The average molecular weight is 231 g/mol. The Morgan fingerprint density at radius 1 is 1.35 bits per heavy atom. The number of hydrogen-bond donors (Lipinski definition) is 0. The maximum Gasteiger partial charge on any atom is 0.154 e. The third kappa shape index (κ3) is 2.80. The molecule has 17 heavy (non-hydrogen) atoms. The Bertz CT molecular complexity index is 423. The van der Waals surface area contributed by atoms with Crippen LogP contribution < -0.4 is 0 Å². The van der Waals surface area contributed by atoms with Gasteiger partial charge in [-0.3, -0.25) is 4.99 Å². The van der Waals surface area contributed by atoms with Crippen molar-refractivity contribution in [2.24, 2.45) is 4.99 Å².